The van der Waals surface area contributed by atoms with Crippen molar-refractivity contribution in [2.24, 2.45) is 0 Å². The molecule has 0 fully saturated rings. The lowest BCUT2D eigenvalue weighted by Gasteiger charge is -2.22. The van der Waals surface area contributed by atoms with Crippen LogP contribution < -0.4 is 9.62 Å². The number of thiazole rings is 1. The Kier molecular flexibility index (Phi) is 9.78. The summed E-state index contributed by atoms with van der Waals surface area (Å²) in [6.45, 7) is 5.32. The molecule has 0 bridgehead atoms. The zero-order valence-corrected chi connectivity index (χ0v) is 24.8. The molecule has 0 aliphatic heterocycles. The molecule has 0 unspecified atom stereocenters. The number of anilines is 2. The van der Waals surface area contributed by atoms with Crippen molar-refractivity contribution in [1.29, 1.82) is 0 Å². The Bertz CT molecular complexity index is 1500. The molecule has 4 aromatic rings. The van der Waals surface area contributed by atoms with Gasteiger partial charge in [-0.3, -0.25) is 14.4 Å². The molecule has 7 nitrogen and oxygen atoms in total. The highest BCUT2D eigenvalue weighted by Crippen LogP contribution is 2.33. The number of hydrogen-bond acceptors (Lipinski definition) is 6. The molecule has 1 heterocycles. The number of rotatable bonds is 9. The predicted molar refractivity (Wildman–Crippen MR) is 160 cm³/mol. The summed E-state index contributed by atoms with van der Waals surface area (Å²) >= 11 is 7.37. The number of carbonyl (C=O) groups is 1. The summed E-state index contributed by atoms with van der Waals surface area (Å²) in [5.41, 5.74) is 3.58. The van der Waals surface area contributed by atoms with E-state index in [0.717, 1.165) is 34.3 Å². The molecular weight excluding hydrogens is 563 g/mol. The summed E-state index contributed by atoms with van der Waals surface area (Å²) in [6.07, 6.45) is 0.728. The average Bonchev–Trinajstić information content (AvgIpc) is 3.24. The minimum atomic E-state index is -3.93. The Hall–Kier alpha value is -2.69. The van der Waals surface area contributed by atoms with Crippen LogP contribution in [0.15, 0.2) is 65.6 Å². The number of carbonyl (C=O) groups excluding carboxylic acids is 1. The predicted octanol–water partition coefficient (Wildman–Crippen LogP) is 6.39. The first-order chi connectivity index (χ1) is 17.5. The number of halogens is 2. The van der Waals surface area contributed by atoms with Gasteiger partial charge in [-0.2, -0.15) is 0 Å². The van der Waals surface area contributed by atoms with Gasteiger partial charge in [-0.25, -0.2) is 13.4 Å². The van der Waals surface area contributed by atoms with Gasteiger partial charge >= 0.3 is 0 Å². The van der Waals surface area contributed by atoms with E-state index in [9.17, 15) is 13.2 Å². The molecule has 3 aromatic carbocycles. The maximum Gasteiger partial charge on any atom is 0.262 e. The number of hydrogen-bond donors (Lipinski definition) is 1. The topological polar surface area (TPSA) is 82.6 Å². The van der Waals surface area contributed by atoms with Gasteiger partial charge in [0.25, 0.3) is 15.9 Å². The van der Waals surface area contributed by atoms with Crippen LogP contribution in [0.5, 0.6) is 0 Å². The van der Waals surface area contributed by atoms with Crippen molar-refractivity contribution in [2.75, 3.05) is 36.8 Å². The largest absolute Gasteiger partial charge is 0.309 e. The smallest absolute Gasteiger partial charge is 0.262 e. The molecule has 4 rings (SSSR count). The van der Waals surface area contributed by atoms with Gasteiger partial charge in [-0.15, -0.1) is 12.4 Å². The molecule has 0 saturated heterocycles. The Balaban J connectivity index is 0.00000400. The standard InChI is InChI=1S/C27H29ClN4O3S2.ClH/c1-18-16-24-25(17-19(18)2)36-27(29-24)32(15-7-14-31(3)4)26(33)22-8-5-6-9-23(22)30-37(34,35)21-12-10-20(28)11-13-21;/h5-6,8-13,16-17,30H,7,14-15H2,1-4H3;1H. The van der Waals surface area contributed by atoms with E-state index in [-0.39, 0.29) is 34.5 Å². The van der Waals surface area contributed by atoms with Gasteiger partial charge in [0.05, 0.1) is 26.4 Å². The zero-order chi connectivity index (χ0) is 26.7. The SMILES string of the molecule is Cc1cc2nc(N(CCCN(C)C)C(=O)c3ccccc3NS(=O)(=O)c3ccc(Cl)cc3)sc2cc1C.Cl. The van der Waals surface area contributed by atoms with Crippen LogP contribution in [0.25, 0.3) is 10.2 Å². The second kappa shape index (κ2) is 12.4. The highest BCUT2D eigenvalue weighted by atomic mass is 35.5. The maximum absolute atomic E-state index is 13.9. The average molecular weight is 594 g/mol. The summed E-state index contributed by atoms with van der Waals surface area (Å²) in [5, 5.41) is 1.02. The first-order valence-corrected chi connectivity index (χ1v) is 14.4. The van der Waals surface area contributed by atoms with Gasteiger partial charge < -0.3 is 4.90 Å². The fraction of sp³-hybridized carbons (Fsp3) is 0.259. The van der Waals surface area contributed by atoms with E-state index in [1.165, 1.54) is 35.6 Å². The molecule has 1 amide bonds. The fourth-order valence-corrected chi connectivity index (χ4v) is 6.11. The van der Waals surface area contributed by atoms with E-state index in [1.807, 2.05) is 27.1 Å². The van der Waals surface area contributed by atoms with Crippen LogP contribution in [-0.4, -0.2) is 51.4 Å². The van der Waals surface area contributed by atoms with E-state index in [1.54, 1.807) is 29.2 Å². The van der Waals surface area contributed by atoms with Crippen LogP contribution in [-0.2, 0) is 10.0 Å². The second-order valence-electron chi connectivity index (χ2n) is 9.12. The third-order valence-electron chi connectivity index (χ3n) is 5.98. The van der Waals surface area contributed by atoms with E-state index in [0.29, 0.717) is 16.7 Å². The Morgan fingerprint density at radius 3 is 2.34 bits per heavy atom. The summed E-state index contributed by atoms with van der Waals surface area (Å²) in [4.78, 5) is 22.5. The van der Waals surface area contributed by atoms with Gasteiger partial charge in [-0.05, 0) is 101 Å². The lowest BCUT2D eigenvalue weighted by atomic mass is 10.1. The minimum Gasteiger partial charge on any atom is -0.309 e. The highest BCUT2D eigenvalue weighted by molar-refractivity contribution is 7.92. The van der Waals surface area contributed by atoms with Gasteiger partial charge in [0.2, 0.25) is 0 Å². The Morgan fingerprint density at radius 1 is 1.00 bits per heavy atom. The molecule has 0 saturated carbocycles. The van der Waals surface area contributed by atoms with E-state index in [2.05, 4.69) is 22.6 Å². The van der Waals surface area contributed by atoms with Crippen molar-refractivity contribution in [1.82, 2.24) is 9.88 Å². The van der Waals surface area contributed by atoms with Gasteiger partial charge in [0, 0.05) is 11.6 Å². The van der Waals surface area contributed by atoms with Crippen molar-refractivity contribution >= 4 is 72.3 Å². The third kappa shape index (κ3) is 6.84. The summed E-state index contributed by atoms with van der Waals surface area (Å²) in [5.74, 6) is -0.319. The summed E-state index contributed by atoms with van der Waals surface area (Å²) < 4.78 is 29.7. The number of benzene rings is 3. The van der Waals surface area contributed by atoms with Gasteiger partial charge in [-0.1, -0.05) is 35.1 Å². The number of sulfonamides is 1. The molecular formula is C27H30Cl2N4O3S2. The Labute approximate surface area is 238 Å². The molecule has 0 atom stereocenters. The molecule has 202 valence electrons. The van der Waals surface area contributed by atoms with Gasteiger partial charge in [0.15, 0.2) is 5.13 Å². The van der Waals surface area contributed by atoms with Crippen molar-refractivity contribution in [3.63, 3.8) is 0 Å². The van der Waals surface area contributed by atoms with Crippen LogP contribution >= 0.6 is 35.3 Å². The summed E-state index contributed by atoms with van der Waals surface area (Å²) in [6, 6.07) is 16.6. The minimum absolute atomic E-state index is 0. The molecule has 1 N–H and O–H groups in total. The second-order valence-corrected chi connectivity index (χ2v) is 12.2. The first kappa shape index (κ1) is 29.9. The zero-order valence-electron chi connectivity index (χ0n) is 21.6. The van der Waals surface area contributed by atoms with Crippen LogP contribution in [0.3, 0.4) is 0 Å². The van der Waals surface area contributed by atoms with E-state index < -0.39 is 10.0 Å². The van der Waals surface area contributed by atoms with Crippen molar-refractivity contribution < 1.29 is 13.2 Å². The van der Waals surface area contributed by atoms with Crippen molar-refractivity contribution in [2.45, 2.75) is 25.2 Å². The summed E-state index contributed by atoms with van der Waals surface area (Å²) in [7, 11) is 0.0310. The number of aryl methyl sites for hydroxylation is 2. The molecule has 1 aromatic heterocycles. The maximum atomic E-state index is 13.9. The van der Waals surface area contributed by atoms with E-state index in [4.69, 9.17) is 16.6 Å². The van der Waals surface area contributed by atoms with Crippen LogP contribution in [0.2, 0.25) is 5.02 Å². The quantitative estimate of drug-likeness (QED) is 0.243. The number of aromatic nitrogens is 1. The van der Waals surface area contributed by atoms with E-state index >= 15 is 0 Å². The molecule has 11 heteroatoms. The third-order valence-corrected chi connectivity index (χ3v) is 8.66. The number of nitrogens with one attached hydrogen (secondary N) is 1. The molecule has 0 aliphatic carbocycles. The first-order valence-electron chi connectivity index (χ1n) is 11.8. The lowest BCUT2D eigenvalue weighted by molar-refractivity contribution is 0.0987. The van der Waals surface area contributed by atoms with Gasteiger partial charge in [0.1, 0.15) is 0 Å². The number of nitrogens with zero attached hydrogens (tertiary/aromatic N) is 3. The lowest BCUT2D eigenvalue weighted by Crippen LogP contribution is -2.34. The molecule has 38 heavy (non-hydrogen) atoms. The number of amides is 1. The van der Waals surface area contributed by atoms with Crippen LogP contribution in [0, 0.1) is 13.8 Å². The van der Waals surface area contributed by atoms with Crippen LogP contribution in [0.1, 0.15) is 27.9 Å². The normalized spacial score (nSPS) is 11.4. The fourth-order valence-electron chi connectivity index (χ4n) is 3.83. The Morgan fingerprint density at radius 2 is 1.66 bits per heavy atom. The number of para-hydroxylation sites is 1. The number of fused-ring (bicyclic) bond motifs is 1. The van der Waals surface area contributed by atoms with Crippen molar-refractivity contribution in [3.05, 3.63) is 82.4 Å². The molecule has 0 spiro atoms. The molecule has 0 aliphatic rings. The molecule has 0 radical (unpaired) electrons. The van der Waals surface area contributed by atoms with Crippen LogP contribution in [0.4, 0.5) is 10.8 Å². The monoisotopic (exact) mass is 592 g/mol. The van der Waals surface area contributed by atoms with Crippen molar-refractivity contribution in [3.8, 4) is 0 Å². The highest BCUT2D eigenvalue weighted by Gasteiger charge is 2.25.